The van der Waals surface area contributed by atoms with Gasteiger partial charge in [-0.1, -0.05) is 12.8 Å². The lowest BCUT2D eigenvalue weighted by Gasteiger charge is -2.29. The number of hydrogen-bond acceptors (Lipinski definition) is 4. The van der Waals surface area contributed by atoms with Gasteiger partial charge < -0.3 is 9.84 Å². The molecule has 1 heterocycles. The Morgan fingerprint density at radius 3 is 2.67 bits per heavy atom. The van der Waals surface area contributed by atoms with Gasteiger partial charge in [-0.25, -0.2) is 5.43 Å². The van der Waals surface area contributed by atoms with Crippen LogP contribution in [0.5, 0.6) is 0 Å². The first-order valence-electron chi connectivity index (χ1n) is 6.07. The van der Waals surface area contributed by atoms with Crippen LogP contribution in [0.2, 0.25) is 0 Å². The molecule has 88 valence electrons. The Bertz CT molecular complexity index is 187. The average molecular weight is 214 g/mol. The van der Waals surface area contributed by atoms with Crippen molar-refractivity contribution in [2.24, 2.45) is 0 Å². The molecule has 0 aromatic rings. The van der Waals surface area contributed by atoms with Crippen LogP contribution >= 0.6 is 0 Å². The molecule has 2 aliphatic rings. The summed E-state index contributed by atoms with van der Waals surface area (Å²) in [7, 11) is 0. The van der Waals surface area contributed by atoms with Crippen molar-refractivity contribution in [2.45, 2.75) is 50.2 Å². The molecule has 1 atom stereocenters. The second-order valence-corrected chi connectivity index (χ2v) is 4.79. The summed E-state index contributed by atoms with van der Waals surface area (Å²) in [6.45, 7) is 1.98. The summed E-state index contributed by atoms with van der Waals surface area (Å²) in [5, 5.41) is 9.37. The van der Waals surface area contributed by atoms with Crippen molar-refractivity contribution in [2.75, 3.05) is 19.8 Å². The first-order valence-corrected chi connectivity index (χ1v) is 6.07. The molecule has 0 aromatic heterocycles. The predicted octanol–water partition coefficient (Wildman–Crippen LogP) is 0.565. The van der Waals surface area contributed by atoms with E-state index in [1.54, 1.807) is 0 Å². The van der Waals surface area contributed by atoms with Crippen molar-refractivity contribution < 1.29 is 9.84 Å². The fraction of sp³-hybridized carbons (Fsp3) is 1.00. The van der Waals surface area contributed by atoms with Gasteiger partial charge in [0.1, 0.15) is 0 Å². The Labute approximate surface area is 91.4 Å². The summed E-state index contributed by atoms with van der Waals surface area (Å²) < 4.78 is 5.52. The Balaban J connectivity index is 1.67. The van der Waals surface area contributed by atoms with Crippen LogP contribution in [0.4, 0.5) is 0 Å². The van der Waals surface area contributed by atoms with E-state index in [9.17, 15) is 5.11 Å². The van der Waals surface area contributed by atoms with Crippen LogP contribution < -0.4 is 10.9 Å². The number of aliphatic hydroxyl groups is 1. The van der Waals surface area contributed by atoms with Crippen LogP contribution in [-0.2, 0) is 4.74 Å². The standard InChI is InChI=1S/C11H22N2O2/c14-9-11(5-1-2-6-11)13-12-8-10-4-3-7-15-10/h10,12-14H,1-9H2/t10-/m0/s1. The molecule has 0 amide bonds. The third-order valence-electron chi connectivity index (χ3n) is 3.57. The van der Waals surface area contributed by atoms with Gasteiger partial charge >= 0.3 is 0 Å². The van der Waals surface area contributed by atoms with E-state index >= 15 is 0 Å². The third kappa shape index (κ3) is 2.91. The molecular formula is C11H22N2O2. The van der Waals surface area contributed by atoms with Gasteiger partial charge in [0.2, 0.25) is 0 Å². The van der Waals surface area contributed by atoms with E-state index in [-0.39, 0.29) is 12.1 Å². The first kappa shape index (κ1) is 11.3. The molecule has 1 aliphatic carbocycles. The van der Waals surface area contributed by atoms with Gasteiger partial charge in [0.15, 0.2) is 0 Å². The maximum Gasteiger partial charge on any atom is 0.0714 e. The Hall–Kier alpha value is -0.160. The van der Waals surface area contributed by atoms with Crippen molar-refractivity contribution in [1.82, 2.24) is 10.9 Å². The Morgan fingerprint density at radius 1 is 1.27 bits per heavy atom. The van der Waals surface area contributed by atoms with E-state index in [2.05, 4.69) is 10.9 Å². The van der Waals surface area contributed by atoms with E-state index in [1.165, 1.54) is 19.3 Å². The largest absolute Gasteiger partial charge is 0.394 e. The fourth-order valence-electron chi connectivity index (χ4n) is 2.53. The zero-order valence-electron chi connectivity index (χ0n) is 9.30. The van der Waals surface area contributed by atoms with E-state index in [0.717, 1.165) is 32.4 Å². The lowest BCUT2D eigenvalue weighted by atomic mass is 10.0. The molecule has 1 aliphatic heterocycles. The van der Waals surface area contributed by atoms with Gasteiger partial charge in [0.25, 0.3) is 0 Å². The predicted molar refractivity (Wildman–Crippen MR) is 58.4 cm³/mol. The molecule has 4 nitrogen and oxygen atoms in total. The van der Waals surface area contributed by atoms with Crippen LogP contribution in [0.15, 0.2) is 0 Å². The minimum atomic E-state index is -0.0708. The van der Waals surface area contributed by atoms with E-state index in [1.807, 2.05) is 0 Å². The fourth-order valence-corrected chi connectivity index (χ4v) is 2.53. The molecule has 2 rings (SSSR count). The van der Waals surface area contributed by atoms with Gasteiger partial charge in [-0.3, -0.25) is 5.43 Å². The molecule has 1 saturated carbocycles. The lowest BCUT2D eigenvalue weighted by molar-refractivity contribution is 0.0928. The van der Waals surface area contributed by atoms with Gasteiger partial charge in [-0.05, 0) is 25.7 Å². The van der Waals surface area contributed by atoms with Crippen LogP contribution in [-0.4, -0.2) is 36.5 Å². The highest BCUT2D eigenvalue weighted by molar-refractivity contribution is 4.90. The van der Waals surface area contributed by atoms with Gasteiger partial charge in [0.05, 0.1) is 18.2 Å². The molecule has 2 fully saturated rings. The summed E-state index contributed by atoms with van der Waals surface area (Å²) in [6, 6.07) is 0. The minimum absolute atomic E-state index is 0.0708. The second kappa shape index (κ2) is 5.25. The SMILES string of the molecule is OCC1(NNC[C@@H]2CCCO2)CCCC1. The Morgan fingerprint density at radius 2 is 2.07 bits per heavy atom. The summed E-state index contributed by atoms with van der Waals surface area (Å²) in [5.74, 6) is 0. The van der Waals surface area contributed by atoms with Crippen LogP contribution in [0.3, 0.4) is 0 Å². The highest BCUT2D eigenvalue weighted by Crippen LogP contribution is 2.28. The molecule has 3 N–H and O–H groups in total. The van der Waals surface area contributed by atoms with Crippen molar-refractivity contribution in [3.63, 3.8) is 0 Å². The monoisotopic (exact) mass is 214 g/mol. The zero-order valence-corrected chi connectivity index (χ0v) is 9.30. The average Bonchev–Trinajstić information content (AvgIpc) is 2.89. The quantitative estimate of drug-likeness (QED) is 0.586. The zero-order chi connectivity index (χ0) is 10.6. The van der Waals surface area contributed by atoms with E-state index in [0.29, 0.717) is 6.10 Å². The molecule has 0 aromatic carbocycles. The highest BCUT2D eigenvalue weighted by Gasteiger charge is 2.32. The van der Waals surface area contributed by atoms with Crippen molar-refractivity contribution >= 4 is 0 Å². The molecule has 0 spiro atoms. The summed E-state index contributed by atoms with van der Waals surface area (Å²) in [4.78, 5) is 0. The van der Waals surface area contributed by atoms with Crippen molar-refractivity contribution in [1.29, 1.82) is 0 Å². The third-order valence-corrected chi connectivity index (χ3v) is 3.57. The molecule has 4 heteroatoms. The number of rotatable bonds is 5. The maximum atomic E-state index is 9.37. The van der Waals surface area contributed by atoms with Gasteiger partial charge in [-0.2, -0.15) is 0 Å². The number of ether oxygens (including phenoxy) is 1. The number of hydrazine groups is 1. The topological polar surface area (TPSA) is 53.5 Å². The molecular weight excluding hydrogens is 192 g/mol. The Kier molecular flexibility index (Phi) is 3.97. The van der Waals surface area contributed by atoms with Crippen LogP contribution in [0, 0.1) is 0 Å². The number of nitrogens with one attached hydrogen (secondary N) is 2. The number of aliphatic hydroxyl groups excluding tert-OH is 1. The van der Waals surface area contributed by atoms with Crippen LogP contribution in [0.1, 0.15) is 38.5 Å². The van der Waals surface area contributed by atoms with Crippen LogP contribution in [0.25, 0.3) is 0 Å². The van der Waals surface area contributed by atoms with Crippen molar-refractivity contribution in [3.05, 3.63) is 0 Å². The normalized spacial score (nSPS) is 29.8. The highest BCUT2D eigenvalue weighted by atomic mass is 16.5. The summed E-state index contributed by atoms with van der Waals surface area (Å²) in [6.07, 6.45) is 7.27. The van der Waals surface area contributed by atoms with E-state index in [4.69, 9.17) is 4.74 Å². The van der Waals surface area contributed by atoms with E-state index < -0.39 is 0 Å². The maximum absolute atomic E-state index is 9.37. The first-order chi connectivity index (χ1) is 7.35. The molecule has 0 bridgehead atoms. The molecule has 15 heavy (non-hydrogen) atoms. The summed E-state index contributed by atoms with van der Waals surface area (Å²) in [5.41, 5.74) is 6.45. The molecule has 0 radical (unpaired) electrons. The summed E-state index contributed by atoms with van der Waals surface area (Å²) >= 11 is 0. The molecule has 1 saturated heterocycles. The number of hydrogen-bond donors (Lipinski definition) is 3. The van der Waals surface area contributed by atoms with Gasteiger partial charge in [-0.15, -0.1) is 0 Å². The molecule has 0 unspecified atom stereocenters. The smallest absolute Gasteiger partial charge is 0.0714 e. The van der Waals surface area contributed by atoms with Crippen molar-refractivity contribution in [3.8, 4) is 0 Å². The lowest BCUT2D eigenvalue weighted by Crippen LogP contribution is -2.54. The van der Waals surface area contributed by atoms with Gasteiger partial charge in [0, 0.05) is 13.2 Å². The second-order valence-electron chi connectivity index (χ2n) is 4.79. The minimum Gasteiger partial charge on any atom is -0.394 e.